The van der Waals surface area contributed by atoms with Gasteiger partial charge in [-0.3, -0.25) is 4.68 Å². The van der Waals surface area contributed by atoms with Gasteiger partial charge >= 0.3 is 0 Å². The Bertz CT molecular complexity index is 1150. The van der Waals surface area contributed by atoms with Gasteiger partial charge in [-0.05, 0) is 36.4 Å². The van der Waals surface area contributed by atoms with E-state index in [0.717, 1.165) is 33.9 Å². The Labute approximate surface area is 160 Å². The highest BCUT2D eigenvalue weighted by atomic mass is 19.1. The number of rotatable bonds is 4. The van der Waals surface area contributed by atoms with Crippen LogP contribution in [-0.2, 0) is 6.54 Å². The van der Waals surface area contributed by atoms with E-state index in [2.05, 4.69) is 0 Å². The van der Waals surface area contributed by atoms with Crippen molar-refractivity contribution in [2.45, 2.75) is 6.54 Å². The van der Waals surface area contributed by atoms with Crippen LogP contribution in [0.5, 0.6) is 0 Å². The van der Waals surface area contributed by atoms with Crippen LogP contribution in [0.25, 0.3) is 22.2 Å². The molecule has 0 atom stereocenters. The summed E-state index contributed by atoms with van der Waals surface area (Å²) < 4.78 is 42.6. The van der Waals surface area contributed by atoms with E-state index in [1.807, 2.05) is 37.2 Å². The quantitative estimate of drug-likeness (QED) is 0.482. The summed E-state index contributed by atoms with van der Waals surface area (Å²) >= 11 is 0. The van der Waals surface area contributed by atoms with Crippen LogP contribution in [-0.4, -0.2) is 23.9 Å². The van der Waals surface area contributed by atoms with Crippen molar-refractivity contribution in [3.8, 4) is 11.3 Å². The Morgan fingerprint density at radius 3 is 2.29 bits per heavy atom. The Balaban J connectivity index is 1.94. The van der Waals surface area contributed by atoms with Crippen molar-refractivity contribution in [3.05, 3.63) is 83.7 Å². The molecular weight excluding hydrogens is 363 g/mol. The average Bonchev–Trinajstić information content (AvgIpc) is 3.02. The van der Waals surface area contributed by atoms with Crippen molar-refractivity contribution in [2.24, 2.45) is 0 Å². The lowest BCUT2D eigenvalue weighted by Crippen LogP contribution is -2.09. The van der Waals surface area contributed by atoms with Crippen LogP contribution in [0.1, 0.15) is 5.56 Å². The molecule has 0 bridgehead atoms. The van der Waals surface area contributed by atoms with E-state index in [9.17, 15) is 13.2 Å². The largest absolute Gasteiger partial charge is 0.376 e. The molecule has 0 spiro atoms. The van der Waals surface area contributed by atoms with E-state index in [1.165, 1.54) is 24.3 Å². The fraction of sp³-hybridized carbons (Fsp3) is 0.136. The number of hydrogen-bond donors (Lipinski definition) is 0. The molecule has 0 aliphatic heterocycles. The lowest BCUT2D eigenvalue weighted by atomic mass is 10.1. The van der Waals surface area contributed by atoms with E-state index in [0.29, 0.717) is 5.56 Å². The van der Waals surface area contributed by atoms with Crippen molar-refractivity contribution in [1.29, 1.82) is 0 Å². The van der Waals surface area contributed by atoms with Gasteiger partial charge in [0, 0.05) is 36.7 Å². The number of halogens is 3. The monoisotopic (exact) mass is 381 g/mol. The molecule has 0 radical (unpaired) electrons. The fourth-order valence-corrected chi connectivity index (χ4v) is 3.34. The molecule has 0 amide bonds. The SMILES string of the molecule is CN(C)c1cccc2c(-c3ccc(F)cc3)n(Cc3ccc(F)cc3F)nc12. The fourth-order valence-electron chi connectivity index (χ4n) is 3.34. The summed E-state index contributed by atoms with van der Waals surface area (Å²) in [7, 11) is 3.84. The van der Waals surface area contributed by atoms with Crippen LogP contribution >= 0.6 is 0 Å². The van der Waals surface area contributed by atoms with Crippen molar-refractivity contribution in [2.75, 3.05) is 19.0 Å². The van der Waals surface area contributed by atoms with E-state index in [-0.39, 0.29) is 12.4 Å². The highest BCUT2D eigenvalue weighted by molar-refractivity contribution is 6.00. The van der Waals surface area contributed by atoms with Crippen molar-refractivity contribution >= 4 is 16.6 Å². The Morgan fingerprint density at radius 1 is 0.893 bits per heavy atom. The van der Waals surface area contributed by atoms with Crippen molar-refractivity contribution in [3.63, 3.8) is 0 Å². The molecule has 28 heavy (non-hydrogen) atoms. The molecule has 4 aromatic rings. The Morgan fingerprint density at radius 2 is 1.61 bits per heavy atom. The van der Waals surface area contributed by atoms with Gasteiger partial charge in [-0.25, -0.2) is 13.2 Å². The summed E-state index contributed by atoms with van der Waals surface area (Å²) in [5, 5.41) is 5.59. The third-order valence-electron chi connectivity index (χ3n) is 4.68. The molecule has 1 aromatic heterocycles. The topological polar surface area (TPSA) is 21.1 Å². The van der Waals surface area contributed by atoms with Gasteiger partial charge in [0.1, 0.15) is 23.0 Å². The van der Waals surface area contributed by atoms with Crippen molar-refractivity contribution < 1.29 is 13.2 Å². The lowest BCUT2D eigenvalue weighted by Gasteiger charge is -2.12. The first-order valence-corrected chi connectivity index (χ1v) is 8.81. The zero-order chi connectivity index (χ0) is 19.8. The number of benzene rings is 3. The van der Waals surface area contributed by atoms with Gasteiger partial charge < -0.3 is 4.90 Å². The normalized spacial score (nSPS) is 11.2. The zero-order valence-corrected chi connectivity index (χ0v) is 15.5. The summed E-state index contributed by atoms with van der Waals surface area (Å²) in [6.45, 7) is 0.125. The van der Waals surface area contributed by atoms with Gasteiger partial charge in [0.2, 0.25) is 0 Å². The summed E-state index contributed by atoms with van der Waals surface area (Å²) in [6.07, 6.45) is 0. The molecule has 0 saturated heterocycles. The zero-order valence-electron chi connectivity index (χ0n) is 15.5. The minimum absolute atomic E-state index is 0.125. The number of fused-ring (bicyclic) bond motifs is 1. The summed E-state index contributed by atoms with van der Waals surface area (Å²) in [4.78, 5) is 1.95. The lowest BCUT2D eigenvalue weighted by molar-refractivity contribution is 0.560. The molecule has 0 unspecified atom stereocenters. The first kappa shape index (κ1) is 18.1. The second kappa shape index (κ2) is 7.03. The Kier molecular flexibility index (Phi) is 4.55. The molecule has 4 rings (SSSR count). The second-order valence-corrected chi connectivity index (χ2v) is 6.82. The number of anilines is 1. The van der Waals surface area contributed by atoms with E-state index in [4.69, 9.17) is 5.10 Å². The van der Waals surface area contributed by atoms with Gasteiger partial charge in [-0.15, -0.1) is 0 Å². The van der Waals surface area contributed by atoms with Crippen LogP contribution in [0, 0.1) is 17.5 Å². The average molecular weight is 381 g/mol. The van der Waals surface area contributed by atoms with Gasteiger partial charge in [0.25, 0.3) is 0 Å². The molecule has 6 heteroatoms. The van der Waals surface area contributed by atoms with Crippen LogP contribution in [0.2, 0.25) is 0 Å². The molecule has 0 saturated carbocycles. The van der Waals surface area contributed by atoms with Gasteiger partial charge in [-0.1, -0.05) is 18.2 Å². The summed E-state index contributed by atoms with van der Waals surface area (Å²) in [5.41, 5.74) is 3.52. The summed E-state index contributed by atoms with van der Waals surface area (Å²) in [5.74, 6) is -1.59. The first-order valence-electron chi connectivity index (χ1n) is 8.81. The third-order valence-corrected chi connectivity index (χ3v) is 4.68. The summed E-state index contributed by atoms with van der Waals surface area (Å²) in [6, 6.07) is 15.4. The molecular formula is C22H18F3N3. The number of nitrogens with zero attached hydrogens (tertiary/aromatic N) is 3. The van der Waals surface area contributed by atoms with Gasteiger partial charge in [-0.2, -0.15) is 5.10 Å². The number of aromatic nitrogens is 2. The van der Waals surface area contributed by atoms with E-state index >= 15 is 0 Å². The van der Waals surface area contributed by atoms with Crippen LogP contribution < -0.4 is 4.90 Å². The molecule has 0 fully saturated rings. The molecule has 0 aliphatic rings. The third kappa shape index (κ3) is 3.22. The van der Waals surface area contributed by atoms with Gasteiger partial charge in [0.05, 0.1) is 17.9 Å². The maximum absolute atomic E-state index is 14.2. The van der Waals surface area contributed by atoms with Crippen molar-refractivity contribution in [1.82, 2.24) is 9.78 Å². The molecule has 1 heterocycles. The molecule has 0 N–H and O–H groups in total. The standard InChI is InChI=1S/C22H18F3N3/c1-27(2)20-5-3-4-18-21(20)26-28(13-15-8-11-17(24)12-19(15)25)22(18)14-6-9-16(23)10-7-14/h3-12H,13H2,1-2H3. The molecule has 0 aliphatic carbocycles. The highest BCUT2D eigenvalue weighted by Gasteiger charge is 2.18. The van der Waals surface area contributed by atoms with Crippen LogP contribution in [0.15, 0.2) is 60.7 Å². The predicted octanol–water partition coefficient (Wildman–Crippen LogP) is 5.23. The van der Waals surface area contributed by atoms with Gasteiger partial charge in [0.15, 0.2) is 0 Å². The highest BCUT2D eigenvalue weighted by Crippen LogP contribution is 2.34. The van der Waals surface area contributed by atoms with Crippen LogP contribution in [0.3, 0.4) is 0 Å². The second-order valence-electron chi connectivity index (χ2n) is 6.82. The Hall–Kier alpha value is -3.28. The number of hydrogen-bond acceptors (Lipinski definition) is 2. The predicted molar refractivity (Wildman–Crippen MR) is 105 cm³/mol. The maximum Gasteiger partial charge on any atom is 0.131 e. The van der Waals surface area contributed by atoms with E-state index in [1.54, 1.807) is 16.8 Å². The maximum atomic E-state index is 14.2. The van der Waals surface area contributed by atoms with Crippen LogP contribution in [0.4, 0.5) is 18.9 Å². The minimum Gasteiger partial charge on any atom is -0.376 e. The molecule has 142 valence electrons. The van der Waals surface area contributed by atoms with E-state index < -0.39 is 11.6 Å². The molecule has 3 aromatic carbocycles. The first-order chi connectivity index (χ1) is 13.4. The molecule has 3 nitrogen and oxygen atoms in total. The smallest absolute Gasteiger partial charge is 0.131 e. The minimum atomic E-state index is -0.627.